The van der Waals surface area contributed by atoms with Gasteiger partial charge in [0.2, 0.25) is 18.7 Å². The first kappa shape index (κ1) is 82.5. The molecule has 10 rings (SSSR count). The summed E-state index contributed by atoms with van der Waals surface area (Å²) in [5.41, 5.74) is 9.75. The van der Waals surface area contributed by atoms with E-state index in [1.165, 1.54) is 90.0 Å². The van der Waals surface area contributed by atoms with Crippen LogP contribution in [0, 0.1) is 0 Å². The van der Waals surface area contributed by atoms with Gasteiger partial charge in [-0.05, 0) is 190 Å². The summed E-state index contributed by atoms with van der Waals surface area (Å²) in [6.45, 7) is 15.7. The molecule has 25 heteroatoms. The molecule has 105 heavy (non-hydrogen) atoms. The number of azo groups is 3. The number of ether oxygens (including phenoxy) is 8. The molecule has 1 heterocycles. The minimum absolute atomic E-state index is 0. The van der Waals surface area contributed by atoms with E-state index in [0.717, 1.165) is 69.4 Å². The molecule has 0 fully saturated rings. The number of nitrogens with one attached hydrogen (secondary N) is 1. The summed E-state index contributed by atoms with van der Waals surface area (Å²) in [7, 11) is 0. The minimum atomic E-state index is -0.685. The fourth-order valence-corrected chi connectivity index (χ4v) is 9.86. The number of hydrogen-bond acceptors (Lipinski definition) is 25. The highest BCUT2D eigenvalue weighted by atomic mass is 32.1. The van der Waals surface area contributed by atoms with Crippen LogP contribution in [-0.4, -0.2) is 80.3 Å². The molecule has 0 saturated heterocycles. The van der Waals surface area contributed by atoms with Crippen molar-refractivity contribution in [3.63, 3.8) is 0 Å². The fraction of sp³-hybridized carbons (Fsp3) is 0.175. The van der Waals surface area contributed by atoms with Crippen molar-refractivity contribution >= 4 is 119 Å². The molecular formula is C80H82N10O14S. The number of aromatic nitrogens is 1. The summed E-state index contributed by atoms with van der Waals surface area (Å²) >= 11 is 1.41. The Hall–Kier alpha value is -13.2. The molecule has 1 aromatic heterocycles. The predicted molar refractivity (Wildman–Crippen MR) is 411 cm³/mol. The van der Waals surface area contributed by atoms with Crippen LogP contribution >= 0.6 is 11.3 Å². The van der Waals surface area contributed by atoms with Gasteiger partial charge in [0.1, 0.15) is 28.7 Å². The lowest BCUT2D eigenvalue weighted by atomic mass is 10.1. The number of rotatable bonds is 31. The lowest BCUT2D eigenvalue weighted by molar-refractivity contribution is -0.145. The van der Waals surface area contributed by atoms with Crippen molar-refractivity contribution in [2.75, 3.05) is 43.6 Å². The number of carbonyl (C=O) groups excluding carboxylic acids is 6. The maximum atomic E-state index is 13.1. The van der Waals surface area contributed by atoms with E-state index >= 15 is 0 Å². The Morgan fingerprint density at radius 3 is 1.46 bits per heavy atom. The van der Waals surface area contributed by atoms with Crippen LogP contribution in [0.2, 0.25) is 0 Å². The number of carbonyl (C=O) groups is 6. The fourth-order valence-electron chi connectivity index (χ4n) is 9.04. The van der Waals surface area contributed by atoms with Crippen LogP contribution in [0.1, 0.15) is 89.1 Å². The minimum Gasteiger partial charge on any atom is -0.463 e. The normalized spacial score (nSPS) is 10.6. The second-order valence-electron chi connectivity index (χ2n) is 21.0. The molecule has 542 valence electrons. The third-order valence-electron chi connectivity index (χ3n) is 14.2. The molecule has 10 aromatic rings. The van der Waals surface area contributed by atoms with Gasteiger partial charge in [0.05, 0.1) is 68.3 Å². The molecule has 0 unspecified atom stereocenters. The molecule has 0 aliphatic carbocycles. The van der Waals surface area contributed by atoms with E-state index in [9.17, 15) is 28.8 Å². The van der Waals surface area contributed by atoms with Crippen molar-refractivity contribution in [2.45, 2.75) is 62.8 Å². The molecule has 9 aromatic carbocycles. The van der Waals surface area contributed by atoms with E-state index in [2.05, 4.69) is 96.8 Å². The summed E-state index contributed by atoms with van der Waals surface area (Å²) < 4.78 is 42.7. The maximum Gasteiger partial charge on any atom is 0.343 e. The van der Waals surface area contributed by atoms with Gasteiger partial charge in [-0.3, -0.25) is 10.2 Å². The van der Waals surface area contributed by atoms with Crippen molar-refractivity contribution in [3.8, 4) is 28.7 Å². The van der Waals surface area contributed by atoms with Crippen molar-refractivity contribution in [1.29, 1.82) is 0 Å². The smallest absolute Gasteiger partial charge is 0.343 e. The second-order valence-corrected chi connectivity index (χ2v) is 22.0. The van der Waals surface area contributed by atoms with E-state index in [0.29, 0.717) is 57.8 Å². The third kappa shape index (κ3) is 25.5. The highest BCUT2D eigenvalue weighted by Gasteiger charge is 2.17. The molecular weight excluding hydrogens is 1360 g/mol. The van der Waals surface area contributed by atoms with Gasteiger partial charge in [0.25, 0.3) is 0 Å². The summed E-state index contributed by atoms with van der Waals surface area (Å²) in [5, 5.41) is 33.2. The highest BCUT2D eigenvalue weighted by molar-refractivity contribution is 7.22. The van der Waals surface area contributed by atoms with Crippen molar-refractivity contribution in [3.05, 3.63) is 255 Å². The molecule has 0 radical (unpaired) electrons. The van der Waals surface area contributed by atoms with E-state index in [-0.39, 0.29) is 84.9 Å². The first-order valence-electron chi connectivity index (χ1n) is 31.4. The molecule has 0 amide bonds. The van der Waals surface area contributed by atoms with Crippen LogP contribution in [0.5, 0.6) is 28.7 Å². The number of benzene rings is 9. The van der Waals surface area contributed by atoms with Gasteiger partial charge >= 0.3 is 35.8 Å². The van der Waals surface area contributed by atoms with Crippen LogP contribution in [-0.2, 0) is 33.4 Å². The first-order chi connectivity index (χ1) is 49.3. The van der Waals surface area contributed by atoms with Gasteiger partial charge < -0.3 is 42.8 Å². The molecule has 1 N–H and O–H groups in total. The molecule has 0 atom stereocenters. The van der Waals surface area contributed by atoms with Gasteiger partial charge in [-0.1, -0.05) is 97.2 Å². The first-order valence-corrected chi connectivity index (χ1v) is 32.2. The molecule has 0 saturated carbocycles. The third-order valence-corrected chi connectivity index (χ3v) is 15.1. The lowest BCUT2D eigenvalue weighted by Crippen LogP contribution is -2.21. The second kappa shape index (κ2) is 42.8. The van der Waals surface area contributed by atoms with Gasteiger partial charge in [-0.2, -0.15) is 25.6 Å². The number of anilines is 2. The number of unbranched alkanes of at least 4 members (excludes halogenated alkanes) is 1. The molecule has 0 aliphatic heterocycles. The monoisotopic (exact) mass is 1440 g/mol. The largest absolute Gasteiger partial charge is 0.463 e. The van der Waals surface area contributed by atoms with E-state index in [1.54, 1.807) is 24.3 Å². The van der Waals surface area contributed by atoms with Crippen LogP contribution in [0.25, 0.3) is 21.0 Å². The number of para-hydroxylation sites is 1. The van der Waals surface area contributed by atoms with Gasteiger partial charge in [-0.15, -0.1) is 10.2 Å². The van der Waals surface area contributed by atoms with E-state index in [1.807, 2.05) is 97.1 Å². The highest BCUT2D eigenvalue weighted by Crippen LogP contribution is 2.36. The van der Waals surface area contributed by atoms with Crippen molar-refractivity contribution in [1.82, 2.24) is 4.98 Å². The van der Waals surface area contributed by atoms with Crippen LogP contribution < -0.4 is 34.0 Å². The zero-order valence-electron chi connectivity index (χ0n) is 54.8. The van der Waals surface area contributed by atoms with Crippen molar-refractivity contribution in [2.24, 2.45) is 35.8 Å². The predicted octanol–water partition coefficient (Wildman–Crippen LogP) is 20.6. The van der Waals surface area contributed by atoms with Gasteiger partial charge in [-0.25, -0.2) is 29.0 Å². The number of thiazole rings is 1. The zero-order chi connectivity index (χ0) is 71.1. The molecule has 0 bridgehead atoms. The summed E-state index contributed by atoms with van der Waals surface area (Å²) in [5.74, 6) is -2.06. The Morgan fingerprint density at radius 1 is 0.486 bits per heavy atom. The summed E-state index contributed by atoms with van der Waals surface area (Å²) in [6, 6.07) is 57.9. The molecule has 0 aliphatic rings. The average Bonchev–Trinajstić information content (AvgIpc) is 1.34. The Kier molecular flexibility index (Phi) is 33.7. The number of hydrogen-bond donors (Lipinski definition) is 1. The Morgan fingerprint density at radius 2 is 0.943 bits per heavy atom. The maximum absolute atomic E-state index is 13.1. The summed E-state index contributed by atoms with van der Waals surface area (Å²) in [4.78, 5) is 78.2. The Bertz CT molecular complexity index is 4640. The summed E-state index contributed by atoms with van der Waals surface area (Å²) in [6.07, 6.45) is 5.85. The van der Waals surface area contributed by atoms with E-state index < -0.39 is 29.8 Å². The number of nitrogens with zero attached hydrogens (tertiary/aromatic N) is 9. The van der Waals surface area contributed by atoms with Crippen LogP contribution in [0.3, 0.4) is 0 Å². The number of fused-ring (bicyclic) bond motifs is 2. The lowest BCUT2D eigenvalue weighted by Gasteiger charge is -2.20. The Balaban J connectivity index is 0.000000363. The number of esters is 6. The Labute approximate surface area is 613 Å². The SMILES string of the molecule is C.C.C.C.C=CC(=O)OCCCCC(=O)Oc1ccc(N=Nc2ccc(N=Nc3ccc(N=Nc4ccc(N(CC)CC)cc4)c4ccccc34)cc2)cc1.C=CC(=O)OCOc1ccc(C(=O)Oc2ccc(OC(=O)c3ccc(OCOC(=O)C=C)cc3)c(/C=N/Nc3nc4ccccc4s3)c2)cc1. The van der Waals surface area contributed by atoms with Gasteiger partial charge in [0.15, 0.2) is 0 Å². The number of hydrazone groups is 1. The zero-order valence-corrected chi connectivity index (χ0v) is 55.6. The standard InChI is InChI=1S/C40H39N7O4.C36H27N3O10S.4CH4/c1-4-39(48)50-28-10-9-13-40(49)51-34-24-20-32(21-25-34)42-41-29-14-16-30(17-15-29)43-45-37-26-27-38(36-12-8-7-11-35(36)37)46-44-31-18-22-33(23-19-31)47(5-2)6-3;1-3-32(40)46-21-44-26-13-9-23(10-14-26)34(42)48-28-17-18-30(25(19-28)20-37-39-36-38-29-7-5-6-8-31(29)50-36)49-35(43)24-11-15-27(16-12-24)45-22-47-33(41)4-2;;;;/h4,7-8,11-12,14-27H,1,5-6,9-10,13,28H2,2-3H3;3-20H,1-2,21-22H2,(H,38,39);4*1H4/b;37-20+;;;;. The quantitative estimate of drug-likeness (QED) is 0.00486. The molecule has 0 spiro atoms. The topological polar surface area (TPSA) is 291 Å². The van der Waals surface area contributed by atoms with Crippen LogP contribution in [0.4, 0.5) is 44.9 Å². The molecule has 24 nitrogen and oxygen atoms in total. The van der Waals surface area contributed by atoms with Gasteiger partial charge in [0, 0.05) is 59.8 Å². The van der Waals surface area contributed by atoms with Crippen LogP contribution in [0.15, 0.2) is 274 Å². The van der Waals surface area contributed by atoms with Crippen molar-refractivity contribution < 1.29 is 66.7 Å². The average molecular weight is 1440 g/mol. The van der Waals surface area contributed by atoms with E-state index in [4.69, 9.17) is 37.9 Å².